The number of anilines is 2. The Kier molecular flexibility index (Phi) is 7.49. The lowest BCUT2D eigenvalue weighted by molar-refractivity contribution is -0.117. The smallest absolute Gasteiger partial charge is 0.419 e. The average molecular weight is 648 g/mol. The molecule has 0 saturated heterocycles. The van der Waals surface area contributed by atoms with Crippen molar-refractivity contribution >= 4 is 62.0 Å². The van der Waals surface area contributed by atoms with E-state index in [4.69, 9.17) is 16.3 Å². The third-order valence-electron chi connectivity index (χ3n) is 7.81. The summed E-state index contributed by atoms with van der Waals surface area (Å²) in [5.41, 5.74) is -1.33. The molecule has 4 aromatic rings. The summed E-state index contributed by atoms with van der Waals surface area (Å²) >= 11 is 7.75. The highest BCUT2D eigenvalue weighted by molar-refractivity contribution is 7.22. The minimum Gasteiger partial charge on any atom is -0.464 e. The number of carboxylic acid groups (broad SMARTS) is 1. The molecular formula is C32H27ClFN5O5S. The fraction of sp³-hybridized carbons (Fsp3) is 0.312. The Morgan fingerprint density at radius 3 is 2.53 bits per heavy atom. The molecule has 6 rings (SSSR count). The predicted octanol–water partition coefficient (Wildman–Crippen LogP) is 7.80. The second kappa shape index (κ2) is 11.1. The van der Waals surface area contributed by atoms with Crippen LogP contribution in [0.15, 0.2) is 42.5 Å². The minimum atomic E-state index is -1.73. The normalized spacial score (nSPS) is 15.3. The van der Waals surface area contributed by atoms with Crippen LogP contribution in [0.1, 0.15) is 67.9 Å². The Hall–Kier alpha value is -4.60. The number of carbonyl (C=O) groups is 3. The molecule has 2 aliphatic rings. The van der Waals surface area contributed by atoms with Crippen molar-refractivity contribution in [3.8, 4) is 17.7 Å². The number of nitrogens with one attached hydrogen (secondary N) is 1. The van der Waals surface area contributed by atoms with Crippen LogP contribution < -0.4 is 15.0 Å². The van der Waals surface area contributed by atoms with Crippen LogP contribution in [0.5, 0.6) is 11.6 Å². The number of nitriles is 1. The molecule has 2 aromatic heterocycles. The zero-order valence-corrected chi connectivity index (χ0v) is 26.1. The fourth-order valence-corrected chi connectivity index (χ4v) is 6.21. The van der Waals surface area contributed by atoms with Gasteiger partial charge in [-0.1, -0.05) is 55.8 Å². The van der Waals surface area contributed by atoms with Crippen LogP contribution in [0.25, 0.3) is 10.3 Å². The first-order valence-corrected chi connectivity index (χ1v) is 15.4. The molecule has 13 heteroatoms. The molecule has 2 aromatic carbocycles. The monoisotopic (exact) mass is 647 g/mol. The number of amides is 3. The number of carbonyl (C=O) groups excluding carboxylic acids is 2. The van der Waals surface area contributed by atoms with Gasteiger partial charge in [-0.25, -0.2) is 24.1 Å². The predicted molar refractivity (Wildman–Crippen MR) is 167 cm³/mol. The van der Waals surface area contributed by atoms with E-state index in [1.807, 2.05) is 0 Å². The van der Waals surface area contributed by atoms with E-state index in [1.54, 1.807) is 39.0 Å². The lowest BCUT2D eigenvalue weighted by atomic mass is 9.86. The molecule has 3 amide bonds. The molecule has 2 fully saturated rings. The van der Waals surface area contributed by atoms with Crippen molar-refractivity contribution in [3.63, 3.8) is 0 Å². The van der Waals surface area contributed by atoms with Crippen molar-refractivity contribution in [1.82, 2.24) is 9.97 Å². The van der Waals surface area contributed by atoms with Crippen LogP contribution >= 0.6 is 22.9 Å². The Morgan fingerprint density at radius 1 is 1.18 bits per heavy atom. The molecule has 2 aliphatic carbocycles. The Morgan fingerprint density at radius 2 is 1.91 bits per heavy atom. The number of hydrogen-bond acceptors (Lipinski definition) is 8. The second-order valence-corrected chi connectivity index (χ2v) is 13.6. The third-order valence-corrected chi connectivity index (χ3v) is 9.10. The van der Waals surface area contributed by atoms with Gasteiger partial charge in [0.15, 0.2) is 10.9 Å². The van der Waals surface area contributed by atoms with Crippen molar-refractivity contribution in [2.45, 2.75) is 57.3 Å². The first kappa shape index (κ1) is 30.4. The van der Waals surface area contributed by atoms with Gasteiger partial charge < -0.3 is 15.2 Å². The molecule has 2 heterocycles. The lowest BCUT2D eigenvalue weighted by Crippen LogP contribution is -2.37. The molecule has 0 unspecified atom stereocenters. The van der Waals surface area contributed by atoms with E-state index in [0.717, 1.165) is 18.9 Å². The van der Waals surface area contributed by atoms with E-state index in [0.29, 0.717) is 38.8 Å². The van der Waals surface area contributed by atoms with Gasteiger partial charge in [-0.3, -0.25) is 9.59 Å². The largest absolute Gasteiger partial charge is 0.464 e. The van der Waals surface area contributed by atoms with Crippen LogP contribution in [0, 0.1) is 23.1 Å². The first-order valence-electron chi connectivity index (χ1n) is 14.2. The highest BCUT2D eigenvalue weighted by Crippen LogP contribution is 2.50. The summed E-state index contributed by atoms with van der Waals surface area (Å²) in [6.45, 7) is 5.22. The van der Waals surface area contributed by atoms with Crippen molar-refractivity contribution in [3.05, 3.63) is 70.0 Å². The van der Waals surface area contributed by atoms with Gasteiger partial charge in [0.25, 0.3) is 5.91 Å². The molecular weight excluding hydrogens is 621 g/mol. The lowest BCUT2D eigenvalue weighted by Gasteiger charge is -2.26. The zero-order chi connectivity index (χ0) is 32.3. The first-order chi connectivity index (χ1) is 21.3. The number of ether oxygens (including phenoxy) is 1. The summed E-state index contributed by atoms with van der Waals surface area (Å²) in [4.78, 5) is 48.2. The Labute approximate surface area is 266 Å². The number of nitrogens with zero attached hydrogens (tertiary/aromatic N) is 4. The molecule has 0 bridgehead atoms. The molecule has 10 nitrogen and oxygen atoms in total. The van der Waals surface area contributed by atoms with Crippen molar-refractivity contribution < 1.29 is 28.6 Å². The van der Waals surface area contributed by atoms with Gasteiger partial charge in [-0.2, -0.15) is 5.26 Å². The summed E-state index contributed by atoms with van der Waals surface area (Å²) in [6, 6.07) is 12.5. The number of imide groups is 1. The molecule has 0 spiro atoms. The quantitative estimate of drug-likeness (QED) is 0.207. The molecule has 2 saturated carbocycles. The maximum Gasteiger partial charge on any atom is 0.419 e. The third kappa shape index (κ3) is 5.81. The Balaban J connectivity index is 1.37. The SMILES string of the molecule is CC(C)(C)c1cc(Oc2ccc3nc(NC(=O)C4CC4)sc3n2)cc(N(C(=O)O)C(=O)c2cccc(C3(C#N)CC3)c2Cl)c1F. The van der Waals surface area contributed by atoms with Crippen LogP contribution in [0.4, 0.5) is 20.0 Å². The molecule has 0 radical (unpaired) electrons. The van der Waals surface area contributed by atoms with Gasteiger partial charge in [0.2, 0.25) is 11.8 Å². The van der Waals surface area contributed by atoms with Crippen LogP contribution in [0.3, 0.4) is 0 Å². The zero-order valence-electron chi connectivity index (χ0n) is 24.5. The number of hydrogen-bond donors (Lipinski definition) is 2. The highest BCUT2D eigenvalue weighted by atomic mass is 35.5. The minimum absolute atomic E-state index is 0.0122. The number of pyridine rings is 1. The molecule has 2 N–H and O–H groups in total. The van der Waals surface area contributed by atoms with Crippen molar-refractivity contribution in [2.75, 3.05) is 10.2 Å². The number of fused-ring (bicyclic) bond motifs is 1. The van der Waals surface area contributed by atoms with E-state index in [2.05, 4.69) is 21.4 Å². The molecule has 0 aliphatic heterocycles. The molecule has 45 heavy (non-hydrogen) atoms. The van der Waals surface area contributed by atoms with Gasteiger partial charge >= 0.3 is 6.09 Å². The maximum atomic E-state index is 16.1. The topological polar surface area (TPSA) is 146 Å². The second-order valence-electron chi connectivity index (χ2n) is 12.2. The summed E-state index contributed by atoms with van der Waals surface area (Å²) < 4.78 is 22.1. The standard InChI is InChI=1S/C32H27ClFN5O5S/c1-31(2,3)20-13-17(44-23-10-9-21-27(37-23)45-29(36-21)38-26(40)16-7-8-16)14-22(25(20)34)39(30(42)43)28(41)18-5-4-6-19(24(18)33)32(15-35)11-12-32/h4-6,9-10,13-14,16H,7-8,11-12H2,1-3H3,(H,42,43)(H,36,38,40). The number of rotatable bonds is 7. The van der Waals surface area contributed by atoms with Gasteiger partial charge in [0, 0.05) is 18.1 Å². The van der Waals surface area contributed by atoms with Gasteiger partial charge in [-0.05, 0) is 60.4 Å². The maximum absolute atomic E-state index is 16.1. The Bertz CT molecular complexity index is 1940. The number of aromatic nitrogens is 2. The van der Waals surface area contributed by atoms with E-state index < -0.39 is 34.3 Å². The number of benzene rings is 2. The van der Waals surface area contributed by atoms with Gasteiger partial charge in [-0.15, -0.1) is 0 Å². The number of thiazole rings is 1. The van der Waals surface area contributed by atoms with E-state index in [1.165, 1.54) is 29.5 Å². The summed E-state index contributed by atoms with van der Waals surface area (Å²) in [7, 11) is 0. The van der Waals surface area contributed by atoms with E-state index in [9.17, 15) is 24.8 Å². The highest BCUT2D eigenvalue weighted by Gasteiger charge is 2.47. The molecule has 230 valence electrons. The van der Waals surface area contributed by atoms with Crippen molar-refractivity contribution in [1.29, 1.82) is 5.26 Å². The van der Waals surface area contributed by atoms with Crippen LogP contribution in [-0.2, 0) is 15.6 Å². The summed E-state index contributed by atoms with van der Waals surface area (Å²) in [5.74, 6) is -1.92. The van der Waals surface area contributed by atoms with Gasteiger partial charge in [0.1, 0.15) is 16.1 Å². The van der Waals surface area contributed by atoms with E-state index in [-0.39, 0.29) is 39.6 Å². The number of halogens is 2. The van der Waals surface area contributed by atoms with Crippen LogP contribution in [-0.4, -0.2) is 33.0 Å². The van der Waals surface area contributed by atoms with Crippen LogP contribution in [0.2, 0.25) is 5.02 Å². The average Bonchev–Trinajstić information content (AvgIpc) is 3.91. The summed E-state index contributed by atoms with van der Waals surface area (Å²) in [5, 5.41) is 23.0. The fourth-order valence-electron chi connectivity index (χ4n) is 4.99. The van der Waals surface area contributed by atoms with Gasteiger partial charge in [0.05, 0.1) is 27.8 Å². The summed E-state index contributed by atoms with van der Waals surface area (Å²) in [6.07, 6.45) is 1.10. The molecule has 0 atom stereocenters. The van der Waals surface area contributed by atoms with E-state index >= 15 is 4.39 Å². The van der Waals surface area contributed by atoms with Crippen molar-refractivity contribution in [2.24, 2.45) is 5.92 Å².